The van der Waals surface area contributed by atoms with Crippen LogP contribution in [0.15, 0.2) is 48.7 Å². The number of nitrogens with zero attached hydrogens (tertiary/aromatic N) is 1. The second kappa shape index (κ2) is 10.4. The van der Waals surface area contributed by atoms with Crippen molar-refractivity contribution in [3.8, 4) is 11.1 Å². The van der Waals surface area contributed by atoms with Gasteiger partial charge in [-0.15, -0.1) is 0 Å². The van der Waals surface area contributed by atoms with Gasteiger partial charge in [-0.05, 0) is 87.1 Å². The van der Waals surface area contributed by atoms with Crippen molar-refractivity contribution in [3.63, 3.8) is 0 Å². The van der Waals surface area contributed by atoms with Gasteiger partial charge in [0, 0.05) is 23.7 Å². The first kappa shape index (κ1) is 24.5. The second-order valence-corrected chi connectivity index (χ2v) is 10.3. The zero-order chi connectivity index (χ0) is 25.2. The van der Waals surface area contributed by atoms with Gasteiger partial charge in [-0.1, -0.05) is 24.3 Å². The lowest BCUT2D eigenvalue weighted by molar-refractivity contribution is -0.144. The molecule has 1 aromatic heterocycles. The number of rotatable bonds is 5. The summed E-state index contributed by atoms with van der Waals surface area (Å²) in [5.41, 5.74) is 2.48. The fourth-order valence-electron chi connectivity index (χ4n) is 6.64. The molecule has 1 aliphatic heterocycles. The zero-order valence-corrected chi connectivity index (χ0v) is 20.7. The van der Waals surface area contributed by atoms with Gasteiger partial charge in [0.25, 0.3) is 0 Å². The highest BCUT2D eigenvalue weighted by Gasteiger charge is 2.54. The third kappa shape index (κ3) is 5.01. The number of benzene rings is 1. The Morgan fingerprint density at radius 1 is 1.22 bits per heavy atom. The maximum Gasteiger partial charge on any atom is 0.407 e. The molecule has 3 fully saturated rings. The van der Waals surface area contributed by atoms with Crippen molar-refractivity contribution in [2.24, 2.45) is 29.6 Å². The van der Waals surface area contributed by atoms with Crippen molar-refractivity contribution in [2.75, 3.05) is 6.61 Å². The molecular weight excluding hydrogens is 459 g/mol. The van der Waals surface area contributed by atoms with Crippen molar-refractivity contribution in [2.45, 2.75) is 51.7 Å². The van der Waals surface area contributed by atoms with Crippen LogP contribution >= 0.6 is 0 Å². The number of allylic oxidation sites excluding steroid dienone is 1. The van der Waals surface area contributed by atoms with E-state index in [9.17, 15) is 14.0 Å². The van der Waals surface area contributed by atoms with Crippen LogP contribution in [-0.2, 0) is 14.3 Å². The quantitative estimate of drug-likeness (QED) is 0.548. The molecule has 1 saturated heterocycles. The van der Waals surface area contributed by atoms with Gasteiger partial charge < -0.3 is 14.8 Å². The number of nitrogens with one attached hydrogen (secondary N) is 1. The average molecular weight is 493 g/mol. The van der Waals surface area contributed by atoms with Gasteiger partial charge in [0.15, 0.2) is 0 Å². The number of alkyl carbamates (subject to hydrolysis) is 1. The van der Waals surface area contributed by atoms with Crippen LogP contribution in [0.5, 0.6) is 0 Å². The Kier molecular flexibility index (Phi) is 7.08. The summed E-state index contributed by atoms with van der Waals surface area (Å²) in [7, 11) is 0. The lowest BCUT2D eigenvalue weighted by Crippen LogP contribution is -2.48. The number of halogens is 1. The first-order valence-corrected chi connectivity index (χ1v) is 13.0. The molecular formula is C29H33FN2O4. The molecule has 0 unspecified atom stereocenters. The van der Waals surface area contributed by atoms with E-state index in [-0.39, 0.29) is 47.8 Å². The molecule has 2 saturated carbocycles. The number of fused-ring (bicyclic) bond motifs is 2. The second-order valence-electron chi connectivity index (χ2n) is 10.3. The smallest absolute Gasteiger partial charge is 0.407 e. The maximum absolute atomic E-state index is 13.6. The van der Waals surface area contributed by atoms with E-state index in [1.165, 1.54) is 12.1 Å². The molecule has 2 aliphatic carbocycles. The van der Waals surface area contributed by atoms with Gasteiger partial charge in [0.1, 0.15) is 11.9 Å². The van der Waals surface area contributed by atoms with Crippen LogP contribution in [0.4, 0.5) is 9.18 Å². The van der Waals surface area contributed by atoms with Gasteiger partial charge in [-0.2, -0.15) is 0 Å². The molecule has 0 radical (unpaired) electrons. The molecule has 7 atom stereocenters. The molecule has 3 aliphatic rings. The highest BCUT2D eigenvalue weighted by Crippen LogP contribution is 2.53. The van der Waals surface area contributed by atoms with Crippen molar-refractivity contribution in [1.82, 2.24) is 10.3 Å². The van der Waals surface area contributed by atoms with E-state index in [1.54, 1.807) is 19.2 Å². The fourth-order valence-corrected chi connectivity index (χ4v) is 6.64. The molecule has 0 bridgehead atoms. The normalized spacial score (nSPS) is 31.4. The van der Waals surface area contributed by atoms with Gasteiger partial charge in [-0.3, -0.25) is 9.78 Å². The van der Waals surface area contributed by atoms with E-state index in [0.29, 0.717) is 18.4 Å². The summed E-state index contributed by atoms with van der Waals surface area (Å²) in [5, 5.41) is 3.00. The number of hydrogen-bond acceptors (Lipinski definition) is 5. The van der Waals surface area contributed by atoms with Crippen LogP contribution in [0, 0.1) is 35.4 Å². The van der Waals surface area contributed by atoms with Gasteiger partial charge in [-0.25, -0.2) is 9.18 Å². The zero-order valence-electron chi connectivity index (χ0n) is 20.7. The Morgan fingerprint density at radius 2 is 2.08 bits per heavy atom. The van der Waals surface area contributed by atoms with Crippen LogP contribution in [0.2, 0.25) is 0 Å². The third-order valence-corrected chi connectivity index (χ3v) is 8.18. The number of carbonyl (C=O) groups is 2. The molecule has 1 amide bonds. The van der Waals surface area contributed by atoms with E-state index in [2.05, 4.69) is 16.4 Å². The first-order valence-electron chi connectivity index (χ1n) is 13.0. The lowest BCUT2D eigenvalue weighted by Gasteiger charge is -2.47. The number of carbonyl (C=O) groups excluding carboxylic acids is 2. The maximum atomic E-state index is 13.6. The summed E-state index contributed by atoms with van der Waals surface area (Å²) in [5.74, 6) is 0.629. The highest BCUT2D eigenvalue weighted by molar-refractivity contribution is 5.75. The predicted octanol–water partition coefficient (Wildman–Crippen LogP) is 5.63. The minimum Gasteiger partial charge on any atom is -0.462 e. The molecule has 2 heterocycles. The predicted molar refractivity (Wildman–Crippen MR) is 134 cm³/mol. The molecule has 5 rings (SSSR count). The summed E-state index contributed by atoms with van der Waals surface area (Å²) < 4.78 is 24.3. The van der Waals surface area contributed by atoms with E-state index < -0.39 is 0 Å². The molecule has 36 heavy (non-hydrogen) atoms. The molecule has 0 spiro atoms. The Balaban J connectivity index is 1.34. The Hall–Kier alpha value is -3.22. The number of esters is 1. The highest BCUT2D eigenvalue weighted by atomic mass is 19.1. The first-order chi connectivity index (χ1) is 17.4. The van der Waals surface area contributed by atoms with Crippen LogP contribution in [0.25, 0.3) is 17.2 Å². The lowest BCUT2D eigenvalue weighted by atomic mass is 9.57. The fraction of sp³-hybridized carbons (Fsp3) is 0.483. The van der Waals surface area contributed by atoms with Gasteiger partial charge in [0.2, 0.25) is 0 Å². The summed E-state index contributed by atoms with van der Waals surface area (Å²) >= 11 is 0. The molecule has 1 N–H and O–H groups in total. The molecule has 2 aromatic rings. The van der Waals surface area contributed by atoms with Crippen LogP contribution < -0.4 is 5.32 Å². The SMILES string of the molecule is CCOC(=O)N[C@H]1CC[C@@H]2[C@@H](C1)C[C@@H]1C(=O)O[C@@H](C)[C@@H]1[C@H]2/C=C/c1ccc(-c2cccc(F)c2)cn1. The van der Waals surface area contributed by atoms with E-state index >= 15 is 0 Å². The molecule has 1 aromatic carbocycles. The minimum atomic E-state index is -0.368. The van der Waals surface area contributed by atoms with E-state index in [1.807, 2.05) is 31.2 Å². The Bertz CT molecular complexity index is 1130. The summed E-state index contributed by atoms with van der Waals surface area (Å²) in [6, 6.07) is 10.4. The van der Waals surface area contributed by atoms with Crippen LogP contribution in [0.1, 0.15) is 45.2 Å². The number of cyclic esters (lactones) is 1. The van der Waals surface area contributed by atoms with Crippen molar-refractivity contribution >= 4 is 18.1 Å². The monoisotopic (exact) mass is 492 g/mol. The number of aromatic nitrogens is 1. The summed E-state index contributed by atoms with van der Waals surface area (Å²) in [6.45, 7) is 4.15. The van der Waals surface area contributed by atoms with Crippen molar-refractivity contribution < 1.29 is 23.5 Å². The third-order valence-electron chi connectivity index (χ3n) is 8.18. The standard InChI is InChI=1S/C29H33FN2O4/c1-3-35-29(34)32-23-10-11-24-20(14-23)15-26-27(17(2)36-28(26)33)25(24)12-9-22-8-7-19(16-31-22)18-5-4-6-21(30)13-18/h4-9,12-13,16-17,20,23-27H,3,10-11,14-15H2,1-2H3,(H,32,34)/b12-9+/t17-,20-,23-,24+,25-,26-,27+/m0/s1. The van der Waals surface area contributed by atoms with Gasteiger partial charge in [0.05, 0.1) is 18.2 Å². The van der Waals surface area contributed by atoms with Crippen molar-refractivity contribution in [1.29, 1.82) is 0 Å². The van der Waals surface area contributed by atoms with Crippen LogP contribution in [-0.4, -0.2) is 35.8 Å². The Morgan fingerprint density at radius 3 is 2.83 bits per heavy atom. The topological polar surface area (TPSA) is 77.5 Å². The number of amides is 1. The average Bonchev–Trinajstić information content (AvgIpc) is 3.15. The summed E-state index contributed by atoms with van der Waals surface area (Å²) in [6.07, 6.45) is 9.07. The number of hydrogen-bond donors (Lipinski definition) is 1. The number of ether oxygens (including phenoxy) is 2. The number of pyridine rings is 1. The minimum absolute atomic E-state index is 0.0679. The van der Waals surface area contributed by atoms with Crippen LogP contribution in [0.3, 0.4) is 0 Å². The largest absolute Gasteiger partial charge is 0.462 e. The summed E-state index contributed by atoms with van der Waals surface area (Å²) in [4.78, 5) is 29.2. The molecule has 190 valence electrons. The van der Waals surface area contributed by atoms with E-state index in [0.717, 1.165) is 42.5 Å². The van der Waals surface area contributed by atoms with Gasteiger partial charge >= 0.3 is 12.1 Å². The Labute approximate surface area is 211 Å². The van der Waals surface area contributed by atoms with E-state index in [4.69, 9.17) is 9.47 Å². The molecule has 6 nitrogen and oxygen atoms in total. The van der Waals surface area contributed by atoms with Crippen molar-refractivity contribution in [3.05, 3.63) is 60.2 Å². The molecule has 7 heteroatoms.